The molecule has 31 heavy (non-hydrogen) atoms. The molecule has 4 aromatic rings. The maximum atomic E-state index is 2.36. The summed E-state index contributed by atoms with van der Waals surface area (Å²) in [6.07, 6.45) is 9.26. The molecule has 0 amide bonds. The fourth-order valence-electron chi connectivity index (χ4n) is 4.81. The third kappa shape index (κ3) is 4.17. The number of allylic oxidation sites excluding steroid dienone is 2. The average molecular weight is 478 g/mol. The van der Waals surface area contributed by atoms with Crippen molar-refractivity contribution in [1.29, 1.82) is 0 Å². The molecule has 0 bridgehead atoms. The van der Waals surface area contributed by atoms with Gasteiger partial charge < -0.3 is 0 Å². The van der Waals surface area contributed by atoms with Gasteiger partial charge in [0.2, 0.25) is 0 Å². The molecule has 0 N–H and O–H groups in total. The Balaban J connectivity index is 0.000000288. The van der Waals surface area contributed by atoms with Gasteiger partial charge in [0.15, 0.2) is 0 Å². The van der Waals surface area contributed by atoms with Crippen LogP contribution in [-0.4, -0.2) is 0 Å². The molecule has 0 aromatic heterocycles. The van der Waals surface area contributed by atoms with E-state index < -0.39 is 0 Å². The number of rotatable bonds is 2. The van der Waals surface area contributed by atoms with Crippen LogP contribution in [0.3, 0.4) is 0 Å². The van der Waals surface area contributed by atoms with Crippen LogP contribution in [0, 0.1) is 13.8 Å². The maximum Gasteiger partial charge on any atom is 2.00 e. The van der Waals surface area contributed by atoms with Gasteiger partial charge in [-0.1, -0.05) is 86.7 Å². The standard InChI is InChI=1S/C24H19.C6H7.Zr/c1-16-10-13-23(21-14-11-17-6-2-4-8-19(17)21)24(16)22-15-12-18-7-3-5-9-20(18)22;1-6-4-2-3-5-6;/h2-15,21-22H,1H3;2-5H,1H3;/q2*-1;+2. The molecule has 2 atom stereocenters. The van der Waals surface area contributed by atoms with E-state index >= 15 is 0 Å². The predicted molar refractivity (Wildman–Crippen MR) is 128 cm³/mol. The number of hydrogen-bond donors (Lipinski definition) is 0. The van der Waals surface area contributed by atoms with Crippen LogP contribution < -0.4 is 0 Å². The Bertz CT molecular complexity index is 1220. The first-order valence-corrected chi connectivity index (χ1v) is 10.7. The zero-order chi connectivity index (χ0) is 20.5. The van der Waals surface area contributed by atoms with E-state index in [1.165, 1.54) is 44.5 Å². The largest absolute Gasteiger partial charge is 2.00 e. The monoisotopic (exact) mass is 476 g/mol. The maximum absolute atomic E-state index is 2.36. The van der Waals surface area contributed by atoms with Gasteiger partial charge >= 0.3 is 26.2 Å². The van der Waals surface area contributed by atoms with Gasteiger partial charge in [0, 0.05) is 5.92 Å². The molecule has 0 radical (unpaired) electrons. The topological polar surface area (TPSA) is 0 Å². The molecule has 150 valence electrons. The van der Waals surface area contributed by atoms with Crippen molar-refractivity contribution < 1.29 is 26.2 Å². The van der Waals surface area contributed by atoms with Crippen LogP contribution >= 0.6 is 0 Å². The molecule has 0 saturated heterocycles. The van der Waals surface area contributed by atoms with E-state index in [0.29, 0.717) is 11.8 Å². The van der Waals surface area contributed by atoms with Crippen LogP contribution in [0.25, 0.3) is 12.2 Å². The SMILES string of the molecule is C[c-]1ccc(C2C=Cc3ccccc32)c1C1C=Cc2ccccc21.C[c-]1cccc1.[Zr+2]. The van der Waals surface area contributed by atoms with E-state index in [1.54, 1.807) is 0 Å². The normalized spacial score (nSPS) is 17.5. The van der Waals surface area contributed by atoms with Crippen LogP contribution in [0.15, 0.2) is 97.1 Å². The van der Waals surface area contributed by atoms with Gasteiger partial charge in [0.05, 0.1) is 0 Å². The second-order valence-electron chi connectivity index (χ2n) is 8.28. The number of fused-ring (bicyclic) bond motifs is 2. The summed E-state index contributed by atoms with van der Waals surface area (Å²) in [6.45, 7) is 4.33. The van der Waals surface area contributed by atoms with Crippen LogP contribution in [0.4, 0.5) is 0 Å². The Hall–Kier alpha value is -2.50. The Morgan fingerprint density at radius 2 is 1.13 bits per heavy atom. The summed E-state index contributed by atoms with van der Waals surface area (Å²) in [5.41, 5.74) is 11.3. The zero-order valence-corrected chi connectivity index (χ0v) is 20.5. The first-order valence-electron chi connectivity index (χ1n) is 10.7. The summed E-state index contributed by atoms with van der Waals surface area (Å²) in [7, 11) is 0. The molecule has 0 saturated carbocycles. The van der Waals surface area contributed by atoms with Crippen molar-refractivity contribution in [3.63, 3.8) is 0 Å². The molecule has 2 aliphatic rings. The molecule has 0 spiro atoms. The fourth-order valence-corrected chi connectivity index (χ4v) is 4.81. The Morgan fingerprint density at radius 3 is 1.71 bits per heavy atom. The first-order chi connectivity index (χ1) is 14.7. The summed E-state index contributed by atoms with van der Waals surface area (Å²) < 4.78 is 0. The Labute approximate surface area is 204 Å². The van der Waals surface area contributed by atoms with Gasteiger partial charge in [-0.05, 0) is 28.2 Å². The molecular weight excluding hydrogens is 452 g/mol. The third-order valence-corrected chi connectivity index (χ3v) is 6.32. The number of benzene rings is 2. The average Bonchev–Trinajstić information content (AvgIpc) is 3.55. The molecule has 0 heterocycles. The van der Waals surface area contributed by atoms with Gasteiger partial charge in [-0.25, -0.2) is 18.2 Å². The van der Waals surface area contributed by atoms with Crippen LogP contribution in [-0.2, 0) is 26.2 Å². The summed E-state index contributed by atoms with van der Waals surface area (Å²) in [5, 5.41) is 0. The Kier molecular flexibility index (Phi) is 6.54. The fraction of sp³-hybridized carbons (Fsp3) is 0.133. The van der Waals surface area contributed by atoms with Crippen molar-refractivity contribution in [2.75, 3.05) is 0 Å². The van der Waals surface area contributed by atoms with Crippen molar-refractivity contribution in [2.45, 2.75) is 25.7 Å². The van der Waals surface area contributed by atoms with E-state index in [-0.39, 0.29) is 26.2 Å². The molecule has 4 aromatic carbocycles. The zero-order valence-electron chi connectivity index (χ0n) is 18.0. The summed E-state index contributed by atoms with van der Waals surface area (Å²) >= 11 is 0. The van der Waals surface area contributed by atoms with E-state index in [1.807, 2.05) is 12.1 Å². The van der Waals surface area contributed by atoms with Gasteiger partial charge in [0.1, 0.15) is 0 Å². The predicted octanol–water partition coefficient (Wildman–Crippen LogP) is 7.74. The number of aryl methyl sites for hydroxylation is 2. The molecule has 6 rings (SSSR count). The minimum Gasteiger partial charge on any atom is -0.213 e. The second-order valence-corrected chi connectivity index (χ2v) is 8.28. The summed E-state index contributed by atoms with van der Waals surface area (Å²) in [4.78, 5) is 0. The van der Waals surface area contributed by atoms with Crippen LogP contribution in [0.2, 0.25) is 0 Å². The summed E-state index contributed by atoms with van der Waals surface area (Å²) in [6, 6.07) is 30.4. The van der Waals surface area contributed by atoms with Gasteiger partial charge in [-0.2, -0.15) is 40.5 Å². The van der Waals surface area contributed by atoms with Crippen molar-refractivity contribution in [1.82, 2.24) is 0 Å². The summed E-state index contributed by atoms with van der Waals surface area (Å²) in [5.74, 6) is 0.762. The third-order valence-electron chi connectivity index (χ3n) is 6.32. The van der Waals surface area contributed by atoms with Crippen molar-refractivity contribution >= 4 is 12.2 Å². The van der Waals surface area contributed by atoms with Gasteiger partial charge in [-0.15, -0.1) is 0 Å². The van der Waals surface area contributed by atoms with E-state index in [4.69, 9.17) is 0 Å². The van der Waals surface area contributed by atoms with E-state index in [9.17, 15) is 0 Å². The molecule has 0 nitrogen and oxygen atoms in total. The van der Waals surface area contributed by atoms with E-state index in [2.05, 4.69) is 111 Å². The molecule has 1 heteroatoms. The Morgan fingerprint density at radius 1 is 0.581 bits per heavy atom. The second kappa shape index (κ2) is 9.33. The minimum absolute atomic E-state index is 0. The van der Waals surface area contributed by atoms with Crippen molar-refractivity contribution in [3.05, 3.63) is 142 Å². The first kappa shape index (κ1) is 21.7. The smallest absolute Gasteiger partial charge is 0.213 e. The molecule has 2 unspecified atom stereocenters. The van der Waals surface area contributed by atoms with Crippen molar-refractivity contribution in [2.24, 2.45) is 0 Å². The quantitative estimate of drug-likeness (QED) is 0.259. The molecular formula is C30H26Zr. The molecule has 0 aliphatic heterocycles. The van der Waals surface area contributed by atoms with Crippen LogP contribution in [0.5, 0.6) is 0 Å². The molecule has 0 fully saturated rings. The van der Waals surface area contributed by atoms with Crippen LogP contribution in [0.1, 0.15) is 56.3 Å². The van der Waals surface area contributed by atoms with Gasteiger partial charge in [0.25, 0.3) is 0 Å². The number of hydrogen-bond acceptors (Lipinski definition) is 0. The van der Waals surface area contributed by atoms with E-state index in [0.717, 1.165) is 0 Å². The molecule has 2 aliphatic carbocycles. The van der Waals surface area contributed by atoms with Crippen molar-refractivity contribution in [3.8, 4) is 0 Å². The minimum atomic E-state index is 0. The van der Waals surface area contributed by atoms with Gasteiger partial charge in [-0.3, -0.25) is 0 Å².